The predicted molar refractivity (Wildman–Crippen MR) is 84.8 cm³/mol. The molecular weight excluding hydrogens is 268 g/mol. The number of nitrogens with two attached hydrogens (primary N) is 1. The van der Waals surface area contributed by atoms with E-state index in [9.17, 15) is 4.79 Å². The lowest BCUT2D eigenvalue weighted by Crippen LogP contribution is -2.28. The molecule has 3 N–H and O–H groups in total. The van der Waals surface area contributed by atoms with E-state index < -0.39 is 0 Å². The fourth-order valence-corrected chi connectivity index (χ4v) is 4.13. The van der Waals surface area contributed by atoms with E-state index in [0.717, 1.165) is 6.42 Å². The topological polar surface area (TPSA) is 55.1 Å². The van der Waals surface area contributed by atoms with Crippen LogP contribution in [0.15, 0.2) is 6.07 Å². The molecule has 0 radical (unpaired) electrons. The van der Waals surface area contributed by atoms with Crippen molar-refractivity contribution in [2.75, 3.05) is 6.54 Å². The molecule has 0 aliphatic heterocycles. The van der Waals surface area contributed by atoms with Crippen molar-refractivity contribution >= 4 is 17.2 Å². The van der Waals surface area contributed by atoms with Gasteiger partial charge in [-0.25, -0.2) is 0 Å². The van der Waals surface area contributed by atoms with Gasteiger partial charge in [0.15, 0.2) is 0 Å². The van der Waals surface area contributed by atoms with Gasteiger partial charge in [0.2, 0.25) is 5.91 Å². The Hall–Kier alpha value is -0.870. The number of carbonyl (C=O) groups excluding carboxylic acids is 1. The molecule has 1 aliphatic carbocycles. The highest BCUT2D eigenvalue weighted by Crippen LogP contribution is 2.30. The summed E-state index contributed by atoms with van der Waals surface area (Å²) in [6.45, 7) is 5.62. The number of fused-ring (bicyclic) bond motifs is 1. The minimum Gasteiger partial charge on any atom is -0.351 e. The van der Waals surface area contributed by atoms with Gasteiger partial charge in [0, 0.05) is 16.2 Å². The number of amides is 1. The maximum atomic E-state index is 12.0. The number of aryl methyl sites for hydroxylation is 2. The SMILES string of the molecule is CC(C)C[C@H](CN)CC(=O)NCc1cc2c(s1)CCC2. The minimum atomic E-state index is 0.134. The third-order valence-electron chi connectivity index (χ3n) is 3.87. The van der Waals surface area contributed by atoms with Crippen LogP contribution in [0.1, 0.15) is 48.4 Å². The van der Waals surface area contributed by atoms with Gasteiger partial charge in [-0.1, -0.05) is 13.8 Å². The van der Waals surface area contributed by atoms with E-state index in [4.69, 9.17) is 5.73 Å². The fraction of sp³-hybridized carbons (Fsp3) is 0.688. The molecule has 1 aromatic heterocycles. The standard InChI is InChI=1S/C16H26N2OS/c1-11(2)6-12(9-17)7-16(19)18-10-14-8-13-4-3-5-15(13)20-14/h8,11-12H,3-7,9-10,17H2,1-2H3,(H,18,19)/t12-/m0/s1. The molecule has 20 heavy (non-hydrogen) atoms. The molecule has 0 aromatic carbocycles. The summed E-state index contributed by atoms with van der Waals surface area (Å²) in [5.41, 5.74) is 7.25. The second-order valence-electron chi connectivity index (χ2n) is 6.23. The van der Waals surface area contributed by atoms with E-state index in [2.05, 4.69) is 25.2 Å². The van der Waals surface area contributed by atoms with Crippen LogP contribution >= 0.6 is 11.3 Å². The highest BCUT2D eigenvalue weighted by molar-refractivity contribution is 7.12. The number of carbonyl (C=O) groups is 1. The van der Waals surface area contributed by atoms with Crippen molar-refractivity contribution in [1.82, 2.24) is 5.32 Å². The lowest BCUT2D eigenvalue weighted by molar-refractivity contribution is -0.122. The van der Waals surface area contributed by atoms with Gasteiger partial charge in [0.25, 0.3) is 0 Å². The first-order chi connectivity index (χ1) is 9.58. The summed E-state index contributed by atoms with van der Waals surface area (Å²) in [6, 6.07) is 2.27. The summed E-state index contributed by atoms with van der Waals surface area (Å²) in [7, 11) is 0. The zero-order valence-electron chi connectivity index (χ0n) is 12.6. The monoisotopic (exact) mass is 294 g/mol. The first-order valence-corrected chi connectivity index (χ1v) is 8.47. The summed E-state index contributed by atoms with van der Waals surface area (Å²) in [6.07, 6.45) is 5.30. The van der Waals surface area contributed by atoms with Gasteiger partial charge in [0.1, 0.15) is 0 Å². The predicted octanol–water partition coefficient (Wildman–Crippen LogP) is 2.86. The van der Waals surface area contributed by atoms with Gasteiger partial charge in [-0.15, -0.1) is 11.3 Å². The lowest BCUT2D eigenvalue weighted by atomic mass is 9.94. The van der Waals surface area contributed by atoms with Crippen LogP contribution in [0.3, 0.4) is 0 Å². The zero-order valence-corrected chi connectivity index (χ0v) is 13.4. The third kappa shape index (κ3) is 4.32. The normalized spacial score (nSPS) is 15.4. The summed E-state index contributed by atoms with van der Waals surface area (Å²) in [4.78, 5) is 14.8. The van der Waals surface area contributed by atoms with Gasteiger partial charge in [-0.05, 0) is 55.7 Å². The van der Waals surface area contributed by atoms with E-state index >= 15 is 0 Å². The van der Waals surface area contributed by atoms with Crippen LogP contribution in [0.2, 0.25) is 0 Å². The third-order valence-corrected chi connectivity index (χ3v) is 5.11. The average molecular weight is 294 g/mol. The highest BCUT2D eigenvalue weighted by Gasteiger charge is 2.16. The molecule has 1 aliphatic rings. The van der Waals surface area contributed by atoms with Gasteiger partial charge < -0.3 is 11.1 Å². The maximum Gasteiger partial charge on any atom is 0.220 e. The molecule has 112 valence electrons. The van der Waals surface area contributed by atoms with E-state index in [1.807, 2.05) is 11.3 Å². The molecule has 1 aromatic rings. The Kier molecular flexibility index (Phi) is 5.61. The first kappa shape index (κ1) is 15.5. The van der Waals surface area contributed by atoms with E-state index in [-0.39, 0.29) is 5.91 Å². The molecule has 1 atom stereocenters. The molecule has 0 saturated carbocycles. The van der Waals surface area contributed by atoms with Crippen molar-refractivity contribution in [3.05, 3.63) is 21.4 Å². The molecule has 0 bridgehead atoms. The quantitative estimate of drug-likeness (QED) is 0.812. The van der Waals surface area contributed by atoms with Gasteiger partial charge in [-0.3, -0.25) is 4.79 Å². The molecule has 1 heterocycles. The molecule has 3 nitrogen and oxygen atoms in total. The van der Waals surface area contributed by atoms with Crippen LogP contribution in [0.25, 0.3) is 0 Å². The second-order valence-corrected chi connectivity index (χ2v) is 7.45. The number of nitrogens with one attached hydrogen (secondary N) is 1. The van der Waals surface area contributed by atoms with Crippen LogP contribution in [-0.2, 0) is 24.2 Å². The van der Waals surface area contributed by atoms with Crippen LogP contribution in [0.5, 0.6) is 0 Å². The summed E-state index contributed by atoms with van der Waals surface area (Å²) in [5.74, 6) is 1.04. The van der Waals surface area contributed by atoms with Crippen LogP contribution in [0, 0.1) is 11.8 Å². The summed E-state index contributed by atoms with van der Waals surface area (Å²) in [5, 5.41) is 3.04. The highest BCUT2D eigenvalue weighted by atomic mass is 32.1. The zero-order chi connectivity index (χ0) is 14.5. The molecule has 0 saturated heterocycles. The smallest absolute Gasteiger partial charge is 0.220 e. The fourth-order valence-electron chi connectivity index (χ4n) is 2.93. The Morgan fingerprint density at radius 3 is 2.90 bits per heavy atom. The van der Waals surface area contributed by atoms with Crippen LogP contribution < -0.4 is 11.1 Å². The van der Waals surface area contributed by atoms with Crippen molar-refractivity contribution in [3.8, 4) is 0 Å². The van der Waals surface area contributed by atoms with Crippen molar-refractivity contribution < 1.29 is 4.79 Å². The van der Waals surface area contributed by atoms with Crippen molar-refractivity contribution in [2.45, 2.75) is 52.5 Å². The van der Waals surface area contributed by atoms with E-state index in [0.29, 0.717) is 31.3 Å². The van der Waals surface area contributed by atoms with Crippen LogP contribution in [-0.4, -0.2) is 12.5 Å². The molecule has 2 rings (SSSR count). The summed E-state index contributed by atoms with van der Waals surface area (Å²) < 4.78 is 0. The van der Waals surface area contributed by atoms with Gasteiger partial charge in [-0.2, -0.15) is 0 Å². The average Bonchev–Trinajstić information content (AvgIpc) is 2.95. The minimum absolute atomic E-state index is 0.134. The molecule has 0 fully saturated rings. The Balaban J connectivity index is 1.76. The van der Waals surface area contributed by atoms with E-state index in [1.54, 1.807) is 0 Å². The van der Waals surface area contributed by atoms with Crippen molar-refractivity contribution in [1.29, 1.82) is 0 Å². The van der Waals surface area contributed by atoms with Gasteiger partial charge >= 0.3 is 0 Å². The summed E-state index contributed by atoms with van der Waals surface area (Å²) >= 11 is 1.86. The first-order valence-electron chi connectivity index (χ1n) is 7.65. The molecule has 4 heteroatoms. The Bertz CT molecular complexity index is 432. The lowest BCUT2D eigenvalue weighted by Gasteiger charge is -2.16. The maximum absolute atomic E-state index is 12.0. The molecule has 1 amide bonds. The van der Waals surface area contributed by atoms with Gasteiger partial charge in [0.05, 0.1) is 6.54 Å². The number of hydrogen-bond donors (Lipinski definition) is 2. The Morgan fingerprint density at radius 1 is 1.45 bits per heavy atom. The molecular formula is C16H26N2OS. The van der Waals surface area contributed by atoms with E-state index in [1.165, 1.54) is 34.6 Å². The number of hydrogen-bond acceptors (Lipinski definition) is 3. The second kappa shape index (κ2) is 7.23. The Morgan fingerprint density at radius 2 is 2.25 bits per heavy atom. The largest absolute Gasteiger partial charge is 0.351 e. The Labute approximate surface area is 125 Å². The molecule has 0 unspecified atom stereocenters. The van der Waals surface area contributed by atoms with Crippen LogP contribution in [0.4, 0.5) is 0 Å². The molecule has 0 spiro atoms. The number of thiophene rings is 1. The number of rotatable bonds is 7. The van der Waals surface area contributed by atoms with Crippen molar-refractivity contribution in [2.24, 2.45) is 17.6 Å². The van der Waals surface area contributed by atoms with Crippen molar-refractivity contribution in [3.63, 3.8) is 0 Å².